The normalized spacial score (nSPS) is 14.5. The number of carbonyl (C=O) groups is 12. The van der Waals surface area contributed by atoms with Crippen molar-refractivity contribution >= 4 is 71.1 Å². The molecule has 10 N–H and O–H groups in total. The largest absolute Gasteiger partial charge is 0.481 e. The van der Waals surface area contributed by atoms with E-state index in [0.29, 0.717) is 9.80 Å². The lowest BCUT2D eigenvalue weighted by atomic mass is 9.82. The summed E-state index contributed by atoms with van der Waals surface area (Å²) in [6, 6.07) is 2.56. The molecule has 0 saturated carbocycles. The molecule has 25 nitrogen and oxygen atoms in total. The molecular formula is C52H63F2N9O16. The van der Waals surface area contributed by atoms with Gasteiger partial charge in [-0.25, -0.2) is 18.4 Å². The Balaban J connectivity index is 1.83. The van der Waals surface area contributed by atoms with E-state index in [2.05, 4.69) is 21.3 Å². The summed E-state index contributed by atoms with van der Waals surface area (Å²) in [6.07, 6.45) is -0.398. The Morgan fingerprint density at radius 3 is 1.97 bits per heavy atom. The van der Waals surface area contributed by atoms with Crippen molar-refractivity contribution in [2.45, 2.75) is 110 Å². The van der Waals surface area contributed by atoms with Gasteiger partial charge in [-0.05, 0) is 61.9 Å². The van der Waals surface area contributed by atoms with Crippen molar-refractivity contribution in [1.82, 2.24) is 40.5 Å². The lowest BCUT2D eigenvalue weighted by Crippen LogP contribution is -2.62. The average Bonchev–Trinajstić information content (AvgIpc) is 3.96. The van der Waals surface area contributed by atoms with Crippen molar-refractivity contribution in [3.63, 3.8) is 0 Å². The number of amides is 9. The van der Waals surface area contributed by atoms with Crippen LogP contribution in [0.1, 0.15) is 84.0 Å². The van der Waals surface area contributed by atoms with Gasteiger partial charge in [0.15, 0.2) is 0 Å². The number of carboxylic acid groups (broad SMARTS) is 3. The zero-order valence-corrected chi connectivity index (χ0v) is 43.8. The summed E-state index contributed by atoms with van der Waals surface area (Å²) in [5.41, 5.74) is 5.44. The van der Waals surface area contributed by atoms with Gasteiger partial charge in [-0.15, -0.1) is 0 Å². The summed E-state index contributed by atoms with van der Waals surface area (Å²) in [7, 11) is 0. The maximum Gasteiger partial charge on any atom is 0.326 e. The van der Waals surface area contributed by atoms with Gasteiger partial charge < -0.3 is 61.8 Å². The van der Waals surface area contributed by atoms with Crippen molar-refractivity contribution in [3.8, 4) is 11.1 Å². The van der Waals surface area contributed by atoms with Gasteiger partial charge in [0.1, 0.15) is 55.0 Å². The minimum Gasteiger partial charge on any atom is -0.481 e. The van der Waals surface area contributed by atoms with Crippen LogP contribution in [0.25, 0.3) is 11.1 Å². The first-order chi connectivity index (χ1) is 37.0. The fourth-order valence-corrected chi connectivity index (χ4v) is 8.69. The van der Waals surface area contributed by atoms with Gasteiger partial charge in [0, 0.05) is 67.6 Å². The van der Waals surface area contributed by atoms with E-state index in [4.69, 9.17) is 10.8 Å². The number of aliphatic carboxylic acids is 3. The molecule has 4 rings (SSSR count). The predicted molar refractivity (Wildman–Crippen MR) is 272 cm³/mol. The van der Waals surface area contributed by atoms with Crippen LogP contribution in [-0.2, 0) is 64.1 Å². The van der Waals surface area contributed by atoms with E-state index in [9.17, 15) is 77.2 Å². The second kappa shape index (κ2) is 28.0. The van der Waals surface area contributed by atoms with Crippen LogP contribution < -0.4 is 27.0 Å². The number of carboxylic acids is 3. The molecule has 9 amide bonds. The highest BCUT2D eigenvalue weighted by atomic mass is 19.1. The van der Waals surface area contributed by atoms with Gasteiger partial charge in [-0.3, -0.25) is 52.8 Å². The molecule has 0 unspecified atom stereocenters. The highest BCUT2D eigenvalue weighted by molar-refractivity contribution is 6.14. The summed E-state index contributed by atoms with van der Waals surface area (Å²) in [4.78, 5) is 158. The zero-order chi connectivity index (χ0) is 59.1. The number of hydrogen-bond donors (Lipinski definition) is 9. The molecule has 0 bridgehead atoms. The van der Waals surface area contributed by atoms with Gasteiger partial charge >= 0.3 is 17.9 Å². The van der Waals surface area contributed by atoms with Crippen LogP contribution in [0.2, 0.25) is 0 Å². The summed E-state index contributed by atoms with van der Waals surface area (Å²) < 4.78 is 31.8. The van der Waals surface area contributed by atoms with Gasteiger partial charge in [0.25, 0.3) is 11.8 Å². The minimum atomic E-state index is -2.32. The van der Waals surface area contributed by atoms with Crippen molar-refractivity contribution in [2.75, 3.05) is 26.2 Å². The molecule has 0 spiro atoms. The third-order valence-corrected chi connectivity index (χ3v) is 12.4. The number of imide groups is 1. The fourth-order valence-electron chi connectivity index (χ4n) is 8.69. The topological polar surface area (TPSA) is 375 Å². The highest BCUT2D eigenvalue weighted by Crippen LogP contribution is 2.41. The summed E-state index contributed by atoms with van der Waals surface area (Å²) in [5.74, 6) is -16.0. The van der Waals surface area contributed by atoms with E-state index in [0.717, 1.165) is 54.7 Å². The van der Waals surface area contributed by atoms with Gasteiger partial charge in [0.05, 0.1) is 12.5 Å². The Morgan fingerprint density at radius 1 is 0.759 bits per heavy atom. The standard InChI is InChI=1S/C52H63F2N9O16/c1-28(57-41(67)26-62-42(68)14-15-43(62)69)47(73)58-29(2)49(75)63(38(51(78)79)23-39(55)65)36(48(74)56-19-17-40(66)59-35(50(76)77)13-16-45(71)72)18-20-61(44(70)27-64)46(52(3,4)5)37-21-31(33-22-32(53)11-12-34(33)54)25-60(37)24-30-9-7-6-8-10-30/h6-12,14-15,21-22,25,28-29,35-36,38,46,64H,13,16-20,23-24,26-27H2,1-5H3,(H2,55,65)(H,56,74)(H,57,67)(H,58,73)(H,59,66)(H,71,72)(H,76,77)(H,78,79)/t28-,29-,35-,36-,38-,46-/m0/s1. The maximum atomic E-state index is 15.5. The fraction of sp³-hybridized carbons (Fsp3) is 0.423. The van der Waals surface area contributed by atoms with E-state index >= 15 is 4.39 Å². The number of aliphatic hydroxyl groups is 1. The number of benzene rings is 2. The maximum absolute atomic E-state index is 15.5. The molecule has 1 aromatic heterocycles. The molecule has 3 aromatic rings. The summed E-state index contributed by atoms with van der Waals surface area (Å²) in [6.45, 7) is 4.11. The van der Waals surface area contributed by atoms with Crippen molar-refractivity contribution in [2.24, 2.45) is 11.1 Å². The van der Waals surface area contributed by atoms with Crippen molar-refractivity contribution < 1.29 is 86.7 Å². The lowest BCUT2D eigenvalue weighted by molar-refractivity contribution is -0.158. The number of hydrogen-bond acceptors (Lipinski definition) is 13. The summed E-state index contributed by atoms with van der Waals surface area (Å²) in [5, 5.41) is 48.9. The Labute approximate surface area is 451 Å². The van der Waals surface area contributed by atoms with Crippen LogP contribution >= 0.6 is 0 Å². The van der Waals surface area contributed by atoms with Gasteiger partial charge in [-0.2, -0.15) is 0 Å². The van der Waals surface area contributed by atoms with Crippen LogP contribution in [-0.4, -0.2) is 167 Å². The second-order valence-electron chi connectivity index (χ2n) is 19.5. The van der Waals surface area contributed by atoms with Crippen LogP contribution in [0.3, 0.4) is 0 Å². The summed E-state index contributed by atoms with van der Waals surface area (Å²) >= 11 is 0. The predicted octanol–water partition coefficient (Wildman–Crippen LogP) is 0.181. The first-order valence-corrected chi connectivity index (χ1v) is 24.6. The Bertz CT molecular complexity index is 2840. The molecule has 27 heteroatoms. The van der Waals surface area contributed by atoms with E-state index in [1.807, 2.05) is 0 Å². The highest BCUT2D eigenvalue weighted by Gasteiger charge is 2.44. The molecule has 2 heterocycles. The Kier molecular flexibility index (Phi) is 22.2. The number of primary amides is 1. The first-order valence-electron chi connectivity index (χ1n) is 24.6. The monoisotopic (exact) mass is 1110 g/mol. The van der Waals surface area contributed by atoms with E-state index < -0.39 is 183 Å². The second-order valence-corrected chi connectivity index (χ2v) is 19.5. The van der Waals surface area contributed by atoms with Gasteiger partial charge in [0.2, 0.25) is 41.4 Å². The minimum absolute atomic E-state index is 0.0864. The molecule has 426 valence electrons. The number of halogens is 2. The number of nitrogens with two attached hydrogens (primary N) is 1. The molecule has 1 aliphatic heterocycles. The van der Waals surface area contributed by atoms with Crippen LogP contribution in [0.4, 0.5) is 8.78 Å². The average molecular weight is 1110 g/mol. The molecule has 0 saturated heterocycles. The number of nitrogens with zero attached hydrogens (tertiary/aromatic N) is 4. The molecule has 0 fully saturated rings. The van der Waals surface area contributed by atoms with E-state index in [1.165, 1.54) is 12.3 Å². The van der Waals surface area contributed by atoms with E-state index in [1.54, 1.807) is 55.7 Å². The molecule has 0 aliphatic carbocycles. The zero-order valence-electron chi connectivity index (χ0n) is 43.8. The van der Waals surface area contributed by atoms with Crippen LogP contribution in [0, 0.1) is 17.0 Å². The third-order valence-electron chi connectivity index (χ3n) is 12.4. The Morgan fingerprint density at radius 2 is 1.41 bits per heavy atom. The SMILES string of the molecule is C[C@H](NC(=O)CN1C(=O)C=CC1=O)C(=O)N[C@@H](C)C(=O)N([C@@H](CC(N)=O)C(=O)O)[C@@H](CCN(C(=O)CO)[C@@H](c1cc(-c2cc(F)ccc2F)cn1Cc1ccccc1)C(C)(C)C)C(=O)NCCC(=O)N[C@@H](CCC(=O)O)C(=O)O. The quantitative estimate of drug-likeness (QED) is 0.0419. The van der Waals surface area contributed by atoms with Crippen LogP contribution in [0.15, 0.2) is 72.9 Å². The number of carbonyl (C=O) groups excluding carboxylic acids is 9. The van der Waals surface area contributed by atoms with Crippen molar-refractivity contribution in [3.05, 3.63) is 95.8 Å². The smallest absolute Gasteiger partial charge is 0.326 e. The third kappa shape index (κ3) is 17.6. The molecule has 2 aromatic carbocycles. The number of rotatable bonds is 29. The van der Waals surface area contributed by atoms with Crippen LogP contribution in [0.5, 0.6) is 0 Å². The molecule has 6 atom stereocenters. The number of aliphatic hydroxyl groups excluding tert-OH is 1. The van der Waals surface area contributed by atoms with E-state index in [-0.39, 0.29) is 23.4 Å². The first kappa shape index (κ1) is 62.7. The Hall–Kier alpha value is -8.88. The molecule has 1 aliphatic rings. The number of nitrogens with one attached hydrogen (secondary N) is 4. The molecular weight excluding hydrogens is 1040 g/mol. The van der Waals surface area contributed by atoms with Gasteiger partial charge in [-0.1, -0.05) is 51.1 Å². The van der Waals surface area contributed by atoms with Crippen molar-refractivity contribution in [1.29, 1.82) is 0 Å². The lowest BCUT2D eigenvalue weighted by Gasteiger charge is -2.42. The number of aromatic nitrogens is 1. The molecule has 0 radical (unpaired) electrons. The molecule has 79 heavy (non-hydrogen) atoms.